The number of benzene rings is 1. The first kappa shape index (κ1) is 13.6. The third-order valence-corrected chi connectivity index (χ3v) is 4.20. The molecular weight excluding hydrogens is 262 g/mol. The molecule has 1 heterocycles. The summed E-state index contributed by atoms with van der Waals surface area (Å²) < 4.78 is 0. The van der Waals surface area contributed by atoms with Crippen LogP contribution in [-0.2, 0) is 6.42 Å². The molecule has 0 saturated heterocycles. The predicted molar refractivity (Wildman–Crippen MR) is 80.3 cm³/mol. The molecule has 2 rings (SSSR count). The van der Waals surface area contributed by atoms with E-state index in [-0.39, 0.29) is 6.10 Å². The Bertz CT molecular complexity index is 470. The van der Waals surface area contributed by atoms with Crippen LogP contribution in [0.4, 0.5) is 0 Å². The first-order valence-corrected chi connectivity index (χ1v) is 8.24. The lowest BCUT2D eigenvalue weighted by molar-refractivity contribution is 0.172. The van der Waals surface area contributed by atoms with Gasteiger partial charge in [-0.1, -0.05) is 30.3 Å². The lowest BCUT2D eigenvalue weighted by Gasteiger charge is -2.06. The monoisotopic (exact) mass is 279 g/mol. The fourth-order valence-electron chi connectivity index (χ4n) is 1.70. The topological polar surface area (TPSA) is 33.1 Å². The van der Waals surface area contributed by atoms with E-state index < -0.39 is 0 Å². The fraction of sp³-hybridized carbons (Fsp3) is 0.357. The largest absolute Gasteiger partial charge is 0.393 e. The Labute approximate surface area is 116 Å². The van der Waals surface area contributed by atoms with Gasteiger partial charge < -0.3 is 5.11 Å². The average Bonchev–Trinajstić information content (AvgIpc) is 2.86. The molecule has 0 aliphatic heterocycles. The van der Waals surface area contributed by atoms with Crippen molar-refractivity contribution in [2.45, 2.75) is 18.9 Å². The molecule has 1 aromatic carbocycles. The van der Waals surface area contributed by atoms with Crippen molar-refractivity contribution in [1.29, 1.82) is 0 Å². The number of aliphatic hydroxyl groups excluding tert-OH is 1. The molecule has 96 valence electrons. The molecule has 4 heteroatoms. The molecule has 1 N–H and O–H groups in total. The predicted octanol–water partition coefficient (Wildman–Crippen LogP) is 3.47. The van der Waals surface area contributed by atoms with E-state index in [1.807, 2.05) is 18.2 Å². The summed E-state index contributed by atoms with van der Waals surface area (Å²) in [5.74, 6) is 0.998. The van der Waals surface area contributed by atoms with Gasteiger partial charge in [-0.05, 0) is 18.4 Å². The van der Waals surface area contributed by atoms with Gasteiger partial charge in [0.25, 0.3) is 0 Å². The van der Waals surface area contributed by atoms with Crippen LogP contribution >= 0.6 is 23.1 Å². The summed E-state index contributed by atoms with van der Waals surface area (Å²) in [6.07, 6.45) is 3.29. The third-order valence-electron chi connectivity index (χ3n) is 2.69. The maximum atomic E-state index is 9.87. The highest BCUT2D eigenvalue weighted by Crippen LogP contribution is 2.22. The molecule has 0 saturated carbocycles. The van der Waals surface area contributed by atoms with E-state index in [0.29, 0.717) is 6.42 Å². The molecule has 2 nitrogen and oxygen atoms in total. The van der Waals surface area contributed by atoms with E-state index in [1.54, 1.807) is 23.1 Å². The van der Waals surface area contributed by atoms with E-state index in [2.05, 4.69) is 28.8 Å². The Morgan fingerprint density at radius 3 is 2.83 bits per heavy atom. The number of aliphatic hydroxyl groups is 1. The fourth-order valence-corrected chi connectivity index (χ4v) is 3.09. The number of thioether (sulfide) groups is 1. The van der Waals surface area contributed by atoms with Crippen molar-refractivity contribution in [2.24, 2.45) is 0 Å². The van der Waals surface area contributed by atoms with Crippen LogP contribution in [0.2, 0.25) is 0 Å². The SMILES string of the molecule is CSCCC(O)Cc1nc(-c2ccccc2)cs1. The summed E-state index contributed by atoms with van der Waals surface area (Å²) in [4.78, 5) is 4.58. The molecule has 0 bridgehead atoms. The Morgan fingerprint density at radius 2 is 2.11 bits per heavy atom. The van der Waals surface area contributed by atoms with Gasteiger partial charge in [0.15, 0.2) is 0 Å². The van der Waals surface area contributed by atoms with Crippen molar-refractivity contribution in [3.8, 4) is 11.3 Å². The number of hydrogen-bond donors (Lipinski definition) is 1. The highest BCUT2D eigenvalue weighted by Gasteiger charge is 2.09. The molecule has 0 fully saturated rings. The lowest BCUT2D eigenvalue weighted by atomic mass is 10.2. The first-order chi connectivity index (χ1) is 8.79. The summed E-state index contributed by atoms with van der Waals surface area (Å²) in [5, 5.41) is 12.9. The Morgan fingerprint density at radius 1 is 1.33 bits per heavy atom. The van der Waals surface area contributed by atoms with Crippen molar-refractivity contribution in [3.63, 3.8) is 0 Å². The van der Waals surface area contributed by atoms with Crippen LogP contribution in [0.5, 0.6) is 0 Å². The van der Waals surface area contributed by atoms with E-state index in [4.69, 9.17) is 0 Å². The summed E-state index contributed by atoms with van der Waals surface area (Å²) in [6, 6.07) is 10.2. The standard InChI is InChI=1S/C14H17NOS2/c1-17-8-7-12(16)9-14-15-13(10-18-14)11-5-3-2-4-6-11/h2-6,10,12,16H,7-9H2,1H3. The summed E-state index contributed by atoms with van der Waals surface area (Å²) in [6.45, 7) is 0. The molecular formula is C14H17NOS2. The van der Waals surface area contributed by atoms with Crippen LogP contribution < -0.4 is 0 Å². The van der Waals surface area contributed by atoms with E-state index in [0.717, 1.165) is 28.4 Å². The van der Waals surface area contributed by atoms with Gasteiger partial charge in [0.2, 0.25) is 0 Å². The first-order valence-electron chi connectivity index (χ1n) is 5.96. The number of thiazole rings is 1. The average molecular weight is 279 g/mol. The number of rotatable bonds is 6. The van der Waals surface area contributed by atoms with Gasteiger partial charge >= 0.3 is 0 Å². The van der Waals surface area contributed by atoms with Gasteiger partial charge in [-0.25, -0.2) is 4.98 Å². The maximum Gasteiger partial charge on any atom is 0.0958 e. The van der Waals surface area contributed by atoms with Crippen LogP contribution in [0.15, 0.2) is 35.7 Å². The number of aromatic nitrogens is 1. The zero-order valence-corrected chi connectivity index (χ0v) is 12.0. The summed E-state index contributed by atoms with van der Waals surface area (Å²) in [5.41, 5.74) is 2.14. The van der Waals surface area contributed by atoms with Gasteiger partial charge in [0.05, 0.1) is 16.8 Å². The van der Waals surface area contributed by atoms with Crippen LogP contribution in [0.3, 0.4) is 0 Å². The van der Waals surface area contributed by atoms with Gasteiger partial charge in [-0.2, -0.15) is 11.8 Å². The second-order valence-corrected chi connectivity index (χ2v) is 6.06. The molecule has 1 atom stereocenters. The zero-order valence-electron chi connectivity index (χ0n) is 10.4. The number of hydrogen-bond acceptors (Lipinski definition) is 4. The molecule has 0 aliphatic rings. The van der Waals surface area contributed by atoms with Gasteiger partial charge in [0, 0.05) is 17.4 Å². The molecule has 2 aromatic rings. The highest BCUT2D eigenvalue weighted by atomic mass is 32.2. The zero-order chi connectivity index (χ0) is 12.8. The molecule has 0 amide bonds. The Kier molecular flexibility index (Phi) is 5.23. The quantitative estimate of drug-likeness (QED) is 0.879. The van der Waals surface area contributed by atoms with Crippen LogP contribution in [0.1, 0.15) is 11.4 Å². The van der Waals surface area contributed by atoms with Gasteiger partial charge in [0.1, 0.15) is 0 Å². The number of nitrogens with zero attached hydrogens (tertiary/aromatic N) is 1. The normalized spacial score (nSPS) is 12.6. The summed E-state index contributed by atoms with van der Waals surface area (Å²) >= 11 is 3.39. The van der Waals surface area contributed by atoms with Crippen LogP contribution in [0.25, 0.3) is 11.3 Å². The van der Waals surface area contributed by atoms with Gasteiger partial charge in [-0.3, -0.25) is 0 Å². The Hall–Kier alpha value is -0.840. The molecule has 0 spiro atoms. The van der Waals surface area contributed by atoms with Crippen molar-refractivity contribution in [1.82, 2.24) is 4.98 Å². The summed E-state index contributed by atoms with van der Waals surface area (Å²) in [7, 11) is 0. The molecule has 18 heavy (non-hydrogen) atoms. The van der Waals surface area contributed by atoms with Crippen molar-refractivity contribution < 1.29 is 5.11 Å². The van der Waals surface area contributed by atoms with E-state index in [9.17, 15) is 5.11 Å². The molecule has 0 aliphatic carbocycles. The highest BCUT2D eigenvalue weighted by molar-refractivity contribution is 7.98. The Balaban J connectivity index is 1.98. The molecule has 1 unspecified atom stereocenters. The van der Waals surface area contributed by atoms with Crippen molar-refractivity contribution in [2.75, 3.05) is 12.0 Å². The molecule has 1 aromatic heterocycles. The minimum atomic E-state index is -0.271. The van der Waals surface area contributed by atoms with Crippen LogP contribution in [-0.4, -0.2) is 28.2 Å². The van der Waals surface area contributed by atoms with E-state index >= 15 is 0 Å². The van der Waals surface area contributed by atoms with Crippen molar-refractivity contribution in [3.05, 3.63) is 40.7 Å². The maximum absolute atomic E-state index is 9.87. The minimum Gasteiger partial charge on any atom is -0.393 e. The smallest absolute Gasteiger partial charge is 0.0958 e. The second-order valence-electron chi connectivity index (χ2n) is 4.13. The molecule has 0 radical (unpaired) electrons. The van der Waals surface area contributed by atoms with Crippen LogP contribution in [0, 0.1) is 0 Å². The minimum absolute atomic E-state index is 0.271. The van der Waals surface area contributed by atoms with Gasteiger partial charge in [-0.15, -0.1) is 11.3 Å². The second kappa shape index (κ2) is 6.92. The third kappa shape index (κ3) is 3.83. The van der Waals surface area contributed by atoms with E-state index in [1.165, 1.54) is 0 Å². The lowest BCUT2D eigenvalue weighted by Crippen LogP contribution is -2.11. The van der Waals surface area contributed by atoms with Crippen molar-refractivity contribution >= 4 is 23.1 Å².